The van der Waals surface area contributed by atoms with Crippen molar-refractivity contribution in [2.24, 2.45) is 22.9 Å². The number of hydrogen-bond donors (Lipinski definition) is 8. The lowest BCUT2D eigenvalue weighted by Gasteiger charge is -2.24. The summed E-state index contributed by atoms with van der Waals surface area (Å²) in [6, 6.07) is -5.69. The number of primary amides is 3. The molecule has 192 valence electrons. The Balaban J connectivity index is 5.57. The zero-order chi connectivity index (χ0) is 26.4. The Morgan fingerprint density at radius 1 is 0.735 bits per heavy atom. The van der Waals surface area contributed by atoms with E-state index >= 15 is 0 Å². The molecular formula is C18H31N7O8S. The maximum Gasteiger partial charge on any atom is 0.326 e. The zero-order valence-electron chi connectivity index (χ0n) is 18.6. The highest BCUT2D eigenvalue weighted by Gasteiger charge is 2.31. The van der Waals surface area contributed by atoms with Gasteiger partial charge in [-0.3, -0.25) is 28.8 Å². The third-order valence-electron chi connectivity index (χ3n) is 4.33. The molecule has 0 saturated heterocycles. The van der Waals surface area contributed by atoms with E-state index in [1.165, 1.54) is 11.8 Å². The van der Waals surface area contributed by atoms with Crippen LogP contribution in [0.25, 0.3) is 0 Å². The molecule has 0 fully saturated rings. The Kier molecular flexibility index (Phi) is 13.9. The van der Waals surface area contributed by atoms with E-state index in [1.54, 1.807) is 6.26 Å². The van der Waals surface area contributed by atoms with Crippen molar-refractivity contribution >= 4 is 53.2 Å². The summed E-state index contributed by atoms with van der Waals surface area (Å²) < 4.78 is 0. The normalized spacial score (nSPS) is 14.1. The minimum absolute atomic E-state index is 0.0941. The molecule has 15 nitrogen and oxygen atoms in total. The van der Waals surface area contributed by atoms with Crippen molar-refractivity contribution in [2.75, 3.05) is 12.0 Å². The molecule has 34 heavy (non-hydrogen) atoms. The molecule has 0 spiro atoms. The third-order valence-corrected chi connectivity index (χ3v) is 4.98. The zero-order valence-corrected chi connectivity index (χ0v) is 19.4. The maximum atomic E-state index is 12.7. The molecule has 6 amide bonds. The number of thioether (sulfide) groups is 1. The monoisotopic (exact) mass is 505 g/mol. The van der Waals surface area contributed by atoms with Crippen LogP contribution in [0.3, 0.4) is 0 Å². The van der Waals surface area contributed by atoms with Gasteiger partial charge in [0.1, 0.15) is 18.1 Å². The van der Waals surface area contributed by atoms with Crippen LogP contribution < -0.4 is 38.9 Å². The first-order valence-corrected chi connectivity index (χ1v) is 11.4. The summed E-state index contributed by atoms with van der Waals surface area (Å²) in [6.07, 6.45) is -0.00306. The standard InChI is InChI=1S/C18H31N7O8S/c1-34-5-4-10(18(32)33)24-16(30)9(2-3-12(20)26)23-17(31)11(7-14(22)28)25-15(29)8(19)6-13(21)27/h8-11H,2-7,19H2,1H3,(H2,20,26)(H2,21,27)(H2,22,28)(H,23,31)(H,24,30)(H,25,29)(H,32,33). The van der Waals surface area contributed by atoms with Gasteiger partial charge in [-0.1, -0.05) is 0 Å². The molecule has 4 atom stereocenters. The second kappa shape index (κ2) is 15.4. The van der Waals surface area contributed by atoms with Crippen molar-refractivity contribution in [3.8, 4) is 0 Å². The summed E-state index contributed by atoms with van der Waals surface area (Å²) in [5, 5.41) is 16.0. The van der Waals surface area contributed by atoms with Crippen molar-refractivity contribution in [1.82, 2.24) is 16.0 Å². The number of hydrogen-bond acceptors (Lipinski definition) is 9. The van der Waals surface area contributed by atoms with Crippen LogP contribution in [0.1, 0.15) is 32.1 Å². The summed E-state index contributed by atoms with van der Waals surface area (Å²) in [7, 11) is 0. The number of amides is 6. The van der Waals surface area contributed by atoms with E-state index < -0.39 is 78.4 Å². The molecule has 0 bridgehead atoms. The summed E-state index contributed by atoms with van der Waals surface area (Å²) in [4.78, 5) is 82.5. The average molecular weight is 506 g/mol. The van der Waals surface area contributed by atoms with Crippen LogP contribution in [0, 0.1) is 0 Å². The van der Waals surface area contributed by atoms with Crippen LogP contribution in [-0.4, -0.2) is 82.7 Å². The topological polar surface area (TPSA) is 280 Å². The number of nitrogens with two attached hydrogens (primary N) is 4. The Labute approximate surface area is 199 Å². The number of carboxylic acids is 1. The highest BCUT2D eigenvalue weighted by molar-refractivity contribution is 7.98. The summed E-state index contributed by atoms with van der Waals surface area (Å²) in [5.74, 6) is -6.47. The van der Waals surface area contributed by atoms with Gasteiger partial charge in [-0.05, 0) is 24.9 Å². The van der Waals surface area contributed by atoms with Gasteiger partial charge < -0.3 is 44.0 Å². The van der Waals surface area contributed by atoms with Crippen molar-refractivity contribution < 1.29 is 38.7 Å². The van der Waals surface area contributed by atoms with E-state index in [0.717, 1.165) is 0 Å². The fraction of sp³-hybridized carbons (Fsp3) is 0.611. The van der Waals surface area contributed by atoms with Crippen molar-refractivity contribution in [1.29, 1.82) is 0 Å². The van der Waals surface area contributed by atoms with Crippen molar-refractivity contribution in [2.45, 2.75) is 56.3 Å². The smallest absolute Gasteiger partial charge is 0.326 e. The van der Waals surface area contributed by atoms with Gasteiger partial charge in [0, 0.05) is 6.42 Å². The maximum absolute atomic E-state index is 12.7. The summed E-state index contributed by atoms with van der Waals surface area (Å²) in [6.45, 7) is 0. The van der Waals surface area contributed by atoms with Gasteiger partial charge in [-0.25, -0.2) is 4.79 Å². The summed E-state index contributed by atoms with van der Waals surface area (Å²) in [5.41, 5.74) is 20.7. The quantitative estimate of drug-likeness (QED) is 0.0939. The molecule has 0 rings (SSSR count). The van der Waals surface area contributed by atoms with E-state index in [9.17, 15) is 38.7 Å². The Morgan fingerprint density at radius 3 is 1.71 bits per heavy atom. The highest BCUT2D eigenvalue weighted by Crippen LogP contribution is 2.05. The van der Waals surface area contributed by atoms with Gasteiger partial charge in [-0.2, -0.15) is 11.8 Å². The fourth-order valence-electron chi connectivity index (χ4n) is 2.59. The van der Waals surface area contributed by atoms with Crippen LogP contribution in [0.4, 0.5) is 0 Å². The molecule has 0 radical (unpaired) electrons. The van der Waals surface area contributed by atoms with Gasteiger partial charge in [0.25, 0.3) is 0 Å². The van der Waals surface area contributed by atoms with Crippen LogP contribution in [0.2, 0.25) is 0 Å². The minimum Gasteiger partial charge on any atom is -0.480 e. The molecule has 0 aliphatic carbocycles. The molecule has 4 unspecified atom stereocenters. The number of carboxylic acid groups (broad SMARTS) is 1. The van der Waals surface area contributed by atoms with Gasteiger partial charge in [0.05, 0.1) is 18.9 Å². The van der Waals surface area contributed by atoms with Gasteiger partial charge in [0.2, 0.25) is 35.4 Å². The van der Waals surface area contributed by atoms with Crippen LogP contribution in [0.5, 0.6) is 0 Å². The predicted molar refractivity (Wildman–Crippen MR) is 120 cm³/mol. The SMILES string of the molecule is CSCCC(NC(=O)C(CCC(N)=O)NC(=O)C(CC(N)=O)NC(=O)C(N)CC(N)=O)C(=O)O. The summed E-state index contributed by atoms with van der Waals surface area (Å²) >= 11 is 1.36. The van der Waals surface area contributed by atoms with Crippen LogP contribution in [-0.2, 0) is 33.6 Å². The largest absolute Gasteiger partial charge is 0.480 e. The first-order chi connectivity index (χ1) is 15.8. The fourth-order valence-corrected chi connectivity index (χ4v) is 3.06. The van der Waals surface area contributed by atoms with Crippen LogP contribution >= 0.6 is 11.8 Å². The van der Waals surface area contributed by atoms with E-state index in [-0.39, 0.29) is 19.3 Å². The number of rotatable bonds is 17. The molecule has 0 aliphatic heterocycles. The second-order valence-corrected chi connectivity index (χ2v) is 8.24. The Hall–Kier alpha value is -3.40. The van der Waals surface area contributed by atoms with Crippen molar-refractivity contribution in [3.63, 3.8) is 0 Å². The highest BCUT2D eigenvalue weighted by atomic mass is 32.2. The number of aliphatic carboxylic acids is 1. The van der Waals surface area contributed by atoms with Gasteiger partial charge >= 0.3 is 5.97 Å². The molecule has 16 heteroatoms. The van der Waals surface area contributed by atoms with Gasteiger partial charge in [0.15, 0.2) is 0 Å². The van der Waals surface area contributed by atoms with Crippen LogP contribution in [0.15, 0.2) is 0 Å². The predicted octanol–water partition coefficient (Wildman–Crippen LogP) is -4.38. The molecule has 0 aromatic rings. The molecular weight excluding hydrogens is 474 g/mol. The Morgan fingerprint density at radius 2 is 1.24 bits per heavy atom. The molecule has 0 aromatic carbocycles. The molecule has 0 aromatic heterocycles. The third kappa shape index (κ3) is 12.6. The first-order valence-electron chi connectivity index (χ1n) is 10.0. The van der Waals surface area contributed by atoms with E-state index in [0.29, 0.717) is 5.75 Å². The molecule has 0 aliphatic rings. The number of carbonyl (C=O) groups is 7. The molecule has 0 saturated carbocycles. The average Bonchev–Trinajstić information content (AvgIpc) is 2.71. The second-order valence-electron chi connectivity index (χ2n) is 7.26. The number of carbonyl (C=O) groups excluding carboxylic acids is 6. The lowest BCUT2D eigenvalue weighted by atomic mass is 10.1. The van der Waals surface area contributed by atoms with Gasteiger partial charge in [-0.15, -0.1) is 0 Å². The first kappa shape index (κ1) is 30.6. The van der Waals surface area contributed by atoms with E-state index in [4.69, 9.17) is 22.9 Å². The lowest BCUT2D eigenvalue weighted by molar-refractivity contribution is -0.142. The molecule has 0 heterocycles. The lowest BCUT2D eigenvalue weighted by Crippen LogP contribution is -2.58. The van der Waals surface area contributed by atoms with E-state index in [2.05, 4.69) is 16.0 Å². The molecule has 12 N–H and O–H groups in total. The van der Waals surface area contributed by atoms with E-state index in [1.807, 2.05) is 0 Å². The number of nitrogens with one attached hydrogen (secondary N) is 3. The Bertz CT molecular complexity index is 794. The minimum atomic E-state index is -1.58. The van der Waals surface area contributed by atoms with Crippen molar-refractivity contribution in [3.05, 3.63) is 0 Å².